The van der Waals surface area contributed by atoms with E-state index in [4.69, 9.17) is 11.6 Å². The maximum absolute atomic E-state index is 13.1. The number of carbonyl (C=O) groups is 1. The van der Waals surface area contributed by atoms with Crippen LogP contribution >= 0.6 is 11.6 Å². The van der Waals surface area contributed by atoms with Crippen molar-refractivity contribution in [2.45, 2.75) is 39.3 Å². The highest BCUT2D eigenvalue weighted by Crippen LogP contribution is 2.18. The van der Waals surface area contributed by atoms with Crippen molar-refractivity contribution in [1.29, 1.82) is 0 Å². The fourth-order valence-electron chi connectivity index (χ4n) is 3.61. The summed E-state index contributed by atoms with van der Waals surface area (Å²) in [5.74, 6) is -0.467. The van der Waals surface area contributed by atoms with Gasteiger partial charge in [0.15, 0.2) is 5.52 Å². The molecule has 0 saturated heterocycles. The highest BCUT2D eigenvalue weighted by atomic mass is 35.5. The SMILES string of the molecule is Cc1nn(CCCC(=O)NC(C)c2ccc(F)cc2)c(=O)c2nn(-c3ccc(Cl)cc3)cc12. The van der Waals surface area contributed by atoms with Crippen LogP contribution in [0.5, 0.6) is 0 Å². The Balaban J connectivity index is 1.42. The summed E-state index contributed by atoms with van der Waals surface area (Å²) in [6.45, 7) is 3.95. The molecule has 170 valence electrons. The van der Waals surface area contributed by atoms with E-state index in [9.17, 15) is 14.0 Å². The fourth-order valence-corrected chi connectivity index (χ4v) is 3.74. The first-order valence-corrected chi connectivity index (χ1v) is 11.0. The number of hydrogen-bond acceptors (Lipinski definition) is 4. The average molecular weight is 468 g/mol. The molecule has 1 atom stereocenters. The summed E-state index contributed by atoms with van der Waals surface area (Å²) in [6, 6.07) is 12.9. The minimum Gasteiger partial charge on any atom is -0.350 e. The third-order valence-corrected chi connectivity index (χ3v) is 5.68. The van der Waals surface area contributed by atoms with Gasteiger partial charge in [-0.3, -0.25) is 9.59 Å². The Kier molecular flexibility index (Phi) is 6.55. The molecule has 2 heterocycles. The number of carbonyl (C=O) groups excluding carboxylic acids is 1. The van der Waals surface area contributed by atoms with Crippen molar-refractivity contribution >= 4 is 28.4 Å². The van der Waals surface area contributed by atoms with Crippen LogP contribution in [-0.2, 0) is 11.3 Å². The molecule has 9 heteroatoms. The molecule has 0 spiro atoms. The van der Waals surface area contributed by atoms with Crippen LogP contribution in [-0.4, -0.2) is 25.5 Å². The van der Waals surface area contributed by atoms with Gasteiger partial charge in [-0.05, 0) is 62.2 Å². The van der Waals surface area contributed by atoms with Gasteiger partial charge in [-0.25, -0.2) is 13.8 Å². The molecule has 0 aliphatic rings. The van der Waals surface area contributed by atoms with Crippen LogP contribution < -0.4 is 10.9 Å². The zero-order valence-electron chi connectivity index (χ0n) is 18.3. The summed E-state index contributed by atoms with van der Waals surface area (Å²) in [7, 11) is 0. The monoisotopic (exact) mass is 467 g/mol. The Hall–Kier alpha value is -3.52. The van der Waals surface area contributed by atoms with E-state index in [2.05, 4.69) is 15.5 Å². The number of fused-ring (bicyclic) bond motifs is 1. The molecule has 0 saturated carbocycles. The standard InChI is InChI=1S/C24H23ClFN5O2/c1-15(17-5-9-19(26)10-6-17)27-22(32)4-3-13-30-24(33)23-21(16(2)28-30)14-31(29-23)20-11-7-18(25)8-12-20/h5-12,14-15H,3-4,13H2,1-2H3,(H,27,32). The Labute approximate surface area is 194 Å². The Bertz CT molecular complexity index is 1350. The molecule has 0 aliphatic heterocycles. The van der Waals surface area contributed by atoms with E-state index in [1.807, 2.05) is 26.0 Å². The normalized spacial score (nSPS) is 12.1. The van der Waals surface area contributed by atoms with Crippen molar-refractivity contribution in [3.05, 3.63) is 87.2 Å². The van der Waals surface area contributed by atoms with Crippen molar-refractivity contribution in [2.75, 3.05) is 0 Å². The topological polar surface area (TPSA) is 81.8 Å². The van der Waals surface area contributed by atoms with Gasteiger partial charge >= 0.3 is 0 Å². The van der Waals surface area contributed by atoms with Crippen molar-refractivity contribution in [3.63, 3.8) is 0 Å². The van der Waals surface area contributed by atoms with E-state index < -0.39 is 0 Å². The number of benzene rings is 2. The van der Waals surface area contributed by atoms with Crippen LogP contribution in [0, 0.1) is 12.7 Å². The second kappa shape index (κ2) is 9.54. The molecule has 33 heavy (non-hydrogen) atoms. The van der Waals surface area contributed by atoms with Crippen molar-refractivity contribution < 1.29 is 9.18 Å². The quantitative estimate of drug-likeness (QED) is 0.438. The maximum Gasteiger partial charge on any atom is 0.295 e. The molecule has 1 unspecified atom stereocenters. The lowest BCUT2D eigenvalue weighted by molar-refractivity contribution is -0.121. The van der Waals surface area contributed by atoms with E-state index in [1.165, 1.54) is 16.8 Å². The van der Waals surface area contributed by atoms with Crippen LogP contribution in [0.15, 0.2) is 59.5 Å². The number of hydrogen-bond donors (Lipinski definition) is 1. The molecular formula is C24H23ClFN5O2. The van der Waals surface area contributed by atoms with E-state index in [1.54, 1.807) is 35.1 Å². The Morgan fingerprint density at radius 1 is 1.12 bits per heavy atom. The number of rotatable bonds is 7. The third kappa shape index (κ3) is 5.12. The second-order valence-corrected chi connectivity index (χ2v) is 8.31. The van der Waals surface area contributed by atoms with Crippen LogP contribution in [0.25, 0.3) is 16.6 Å². The molecule has 1 amide bonds. The first-order valence-electron chi connectivity index (χ1n) is 10.6. The van der Waals surface area contributed by atoms with Gasteiger partial charge in [-0.1, -0.05) is 23.7 Å². The van der Waals surface area contributed by atoms with Gasteiger partial charge in [0.2, 0.25) is 5.91 Å². The number of halogens is 2. The smallest absolute Gasteiger partial charge is 0.295 e. The lowest BCUT2D eigenvalue weighted by Crippen LogP contribution is -2.28. The number of aryl methyl sites for hydroxylation is 2. The van der Waals surface area contributed by atoms with Crippen molar-refractivity contribution in [1.82, 2.24) is 24.9 Å². The van der Waals surface area contributed by atoms with Crippen molar-refractivity contribution in [2.24, 2.45) is 0 Å². The van der Waals surface area contributed by atoms with Gasteiger partial charge in [0, 0.05) is 29.6 Å². The van der Waals surface area contributed by atoms with Gasteiger partial charge < -0.3 is 5.32 Å². The number of amides is 1. The summed E-state index contributed by atoms with van der Waals surface area (Å²) in [6.07, 6.45) is 2.45. The first-order chi connectivity index (χ1) is 15.8. The van der Waals surface area contributed by atoms with E-state index in [-0.39, 0.29) is 29.7 Å². The molecule has 2 aromatic heterocycles. The molecule has 0 fully saturated rings. The third-order valence-electron chi connectivity index (χ3n) is 5.42. The molecule has 4 aromatic rings. The minimum absolute atomic E-state index is 0.148. The fraction of sp³-hybridized carbons (Fsp3) is 0.250. The first kappa shape index (κ1) is 22.7. The average Bonchev–Trinajstić information content (AvgIpc) is 3.24. The number of nitrogens with zero attached hydrogens (tertiary/aromatic N) is 4. The maximum atomic E-state index is 13.1. The van der Waals surface area contributed by atoms with Crippen LogP contribution in [0.1, 0.15) is 37.1 Å². The largest absolute Gasteiger partial charge is 0.350 e. The summed E-state index contributed by atoms with van der Waals surface area (Å²) in [5, 5.41) is 13.0. The molecular weight excluding hydrogens is 445 g/mol. The van der Waals surface area contributed by atoms with E-state index >= 15 is 0 Å². The zero-order chi connectivity index (χ0) is 23.5. The van der Waals surface area contributed by atoms with Gasteiger partial charge in [-0.2, -0.15) is 10.2 Å². The Morgan fingerprint density at radius 3 is 2.52 bits per heavy atom. The summed E-state index contributed by atoms with van der Waals surface area (Å²) in [5.41, 5.74) is 2.31. The van der Waals surface area contributed by atoms with Crippen molar-refractivity contribution in [3.8, 4) is 5.69 Å². The van der Waals surface area contributed by atoms with Gasteiger partial charge in [0.1, 0.15) is 5.82 Å². The van der Waals surface area contributed by atoms with Crippen LogP contribution in [0.2, 0.25) is 5.02 Å². The molecule has 0 radical (unpaired) electrons. The lowest BCUT2D eigenvalue weighted by atomic mass is 10.1. The van der Waals surface area contributed by atoms with Gasteiger partial charge in [0.05, 0.1) is 17.4 Å². The summed E-state index contributed by atoms with van der Waals surface area (Å²) < 4.78 is 16.1. The zero-order valence-corrected chi connectivity index (χ0v) is 19.0. The van der Waals surface area contributed by atoms with Gasteiger partial charge in [0.25, 0.3) is 5.56 Å². The van der Waals surface area contributed by atoms with E-state index in [0.717, 1.165) is 11.3 Å². The molecule has 2 aromatic carbocycles. The molecule has 0 bridgehead atoms. The predicted molar refractivity (Wildman–Crippen MR) is 125 cm³/mol. The number of nitrogens with one attached hydrogen (secondary N) is 1. The molecule has 7 nitrogen and oxygen atoms in total. The van der Waals surface area contributed by atoms with Crippen LogP contribution in [0.4, 0.5) is 4.39 Å². The molecule has 1 N–H and O–H groups in total. The number of aromatic nitrogens is 4. The van der Waals surface area contributed by atoms with Gasteiger partial charge in [-0.15, -0.1) is 0 Å². The highest BCUT2D eigenvalue weighted by Gasteiger charge is 2.14. The van der Waals surface area contributed by atoms with E-state index in [0.29, 0.717) is 34.6 Å². The summed E-state index contributed by atoms with van der Waals surface area (Å²) >= 11 is 5.95. The summed E-state index contributed by atoms with van der Waals surface area (Å²) in [4.78, 5) is 25.2. The molecule has 4 rings (SSSR count). The highest BCUT2D eigenvalue weighted by molar-refractivity contribution is 6.30. The lowest BCUT2D eigenvalue weighted by Gasteiger charge is -2.14. The van der Waals surface area contributed by atoms with Crippen LogP contribution in [0.3, 0.4) is 0 Å². The Morgan fingerprint density at radius 2 is 1.82 bits per heavy atom. The predicted octanol–water partition coefficient (Wildman–Crippen LogP) is 4.34. The minimum atomic E-state index is -0.319. The second-order valence-electron chi connectivity index (χ2n) is 7.87. The molecule has 0 aliphatic carbocycles.